The van der Waals surface area contributed by atoms with E-state index < -0.39 is 25.3 Å². The molecule has 0 aliphatic carbocycles. The van der Waals surface area contributed by atoms with Crippen LogP contribution >= 0.6 is 7.80 Å². The number of carbonyl (C=O) groups excluding carboxylic acids is 2. The van der Waals surface area contributed by atoms with Crippen molar-refractivity contribution in [2.75, 3.05) is 34.6 Å². The van der Waals surface area contributed by atoms with Crippen LogP contribution in [0.2, 0.25) is 0 Å². The van der Waals surface area contributed by atoms with Crippen LogP contribution in [0.3, 0.4) is 0 Å². The summed E-state index contributed by atoms with van der Waals surface area (Å²) in [4.78, 5) is 27.9. The third-order valence-corrected chi connectivity index (χ3v) is 7.62. The lowest BCUT2D eigenvalue weighted by Gasteiger charge is -2.20. The highest BCUT2D eigenvalue weighted by atomic mass is 31.1. The first kappa shape index (κ1) is 27.9. The molecule has 194 valence electrons. The van der Waals surface area contributed by atoms with Crippen molar-refractivity contribution in [3.63, 3.8) is 0 Å². The molecule has 0 heterocycles. The highest BCUT2D eigenvalue weighted by molar-refractivity contribution is 7.43. The average molecular weight is 524 g/mol. The summed E-state index contributed by atoms with van der Waals surface area (Å²) in [6, 6.07) is 19.6. The van der Waals surface area contributed by atoms with Crippen LogP contribution in [-0.4, -0.2) is 46.2 Å². The summed E-state index contributed by atoms with van der Waals surface area (Å²) in [7, 11) is 4.29. The van der Waals surface area contributed by atoms with E-state index >= 15 is 0 Å². The van der Waals surface area contributed by atoms with Gasteiger partial charge in [-0.15, -0.1) is 0 Å². The molecule has 0 aliphatic heterocycles. The molecule has 1 unspecified atom stereocenters. The Morgan fingerprint density at radius 1 is 0.676 bits per heavy atom. The number of hydrogen-bond acceptors (Lipinski definition) is 7. The van der Waals surface area contributed by atoms with Gasteiger partial charge in [0, 0.05) is 0 Å². The third kappa shape index (κ3) is 6.75. The molecule has 0 aliphatic rings. The summed E-state index contributed by atoms with van der Waals surface area (Å²) < 4.78 is 34.5. The van der Waals surface area contributed by atoms with E-state index in [2.05, 4.69) is 0 Å². The molecule has 3 aromatic rings. The fourth-order valence-corrected chi connectivity index (χ4v) is 5.57. The molecule has 0 saturated carbocycles. The van der Waals surface area contributed by atoms with Gasteiger partial charge in [0.15, 0.2) is 17.7 Å². The maximum absolute atomic E-state index is 13.9. The van der Waals surface area contributed by atoms with Crippen LogP contribution in [0.15, 0.2) is 66.7 Å². The number of methoxy groups -OCH3 is 4. The number of ketones is 2. The number of carbonyl (C=O) groups is 2. The van der Waals surface area contributed by atoms with Gasteiger partial charge in [0.1, 0.15) is 40.3 Å². The van der Waals surface area contributed by atoms with E-state index in [9.17, 15) is 14.2 Å². The number of ether oxygens (including phenoxy) is 4. The summed E-state index contributed by atoms with van der Waals surface area (Å²) in [6.07, 6.45) is 1.44. The van der Waals surface area contributed by atoms with E-state index in [1.807, 2.05) is 30.3 Å². The Hall–Kier alpha value is -3.70. The van der Waals surface area contributed by atoms with Crippen molar-refractivity contribution < 1.29 is 33.1 Å². The molecule has 0 saturated heterocycles. The fraction of sp³-hybridized carbons (Fsp3) is 0.310. The van der Waals surface area contributed by atoms with Crippen molar-refractivity contribution in [3.05, 3.63) is 83.4 Å². The Labute approximate surface area is 218 Å². The highest BCUT2D eigenvalue weighted by Gasteiger charge is 2.35. The van der Waals surface area contributed by atoms with E-state index in [4.69, 9.17) is 18.9 Å². The van der Waals surface area contributed by atoms with Crippen LogP contribution < -0.4 is 18.9 Å². The summed E-state index contributed by atoms with van der Waals surface area (Å²) in [6.45, 7) is 0. The predicted molar refractivity (Wildman–Crippen MR) is 143 cm³/mol. The molecule has 0 bridgehead atoms. The summed E-state index contributed by atoms with van der Waals surface area (Å²) in [5, 5.41) is 0. The second kappa shape index (κ2) is 13.6. The lowest BCUT2D eigenvalue weighted by molar-refractivity contribution is 0.0792. The van der Waals surface area contributed by atoms with Crippen LogP contribution in [0.1, 0.15) is 39.1 Å². The number of rotatable bonds is 14. The molecular formula is C29H32O7P+. The van der Waals surface area contributed by atoms with Crippen LogP contribution in [0.25, 0.3) is 0 Å². The van der Waals surface area contributed by atoms with Crippen LogP contribution in [-0.2, 0) is 10.7 Å². The summed E-state index contributed by atoms with van der Waals surface area (Å²) >= 11 is 0. The second-order valence-electron chi connectivity index (χ2n) is 8.35. The van der Waals surface area contributed by atoms with Gasteiger partial charge in [0.2, 0.25) is 0 Å². The zero-order valence-electron chi connectivity index (χ0n) is 21.6. The zero-order chi connectivity index (χ0) is 26.8. The van der Waals surface area contributed by atoms with Gasteiger partial charge in [0.25, 0.3) is 0 Å². The Morgan fingerprint density at radius 2 is 1.11 bits per heavy atom. The lowest BCUT2D eigenvalue weighted by atomic mass is 9.85. The van der Waals surface area contributed by atoms with Gasteiger partial charge in [-0.05, 0) is 42.7 Å². The minimum atomic E-state index is -1.54. The number of Topliss-reactive ketones (excluding diaryl/α,β-unsaturated/α-hetero) is 2. The topological polar surface area (TPSA) is 88.1 Å². The van der Waals surface area contributed by atoms with Crippen molar-refractivity contribution in [1.82, 2.24) is 0 Å². The molecule has 0 N–H and O–H groups in total. The van der Waals surface area contributed by atoms with E-state index in [0.29, 0.717) is 41.7 Å². The standard InChI is InChI=1S/C29H32O7P/c1-33-22-14-8-15-23(34-2)26(22)28(30)21(13-10-18-37(32)19-20-11-6-5-7-12-20)29(31)27-24(35-3)16-9-17-25(27)36-4/h5-9,11-12,14-17,21H,10,13,18-19H2,1-4H3/q+1. The van der Waals surface area contributed by atoms with E-state index in [1.165, 1.54) is 28.4 Å². The molecule has 3 rings (SSSR count). The molecule has 0 spiro atoms. The molecule has 8 heteroatoms. The van der Waals surface area contributed by atoms with Crippen molar-refractivity contribution >= 4 is 19.4 Å². The molecule has 1 atom stereocenters. The van der Waals surface area contributed by atoms with Gasteiger partial charge in [-0.2, -0.15) is 0 Å². The van der Waals surface area contributed by atoms with Crippen LogP contribution in [0, 0.1) is 5.92 Å². The van der Waals surface area contributed by atoms with Gasteiger partial charge in [-0.3, -0.25) is 9.59 Å². The van der Waals surface area contributed by atoms with Gasteiger partial charge in [-0.25, -0.2) is 0 Å². The van der Waals surface area contributed by atoms with Crippen LogP contribution in [0.5, 0.6) is 23.0 Å². The molecule has 7 nitrogen and oxygen atoms in total. The quantitative estimate of drug-likeness (QED) is 0.141. The van der Waals surface area contributed by atoms with Gasteiger partial charge >= 0.3 is 7.80 Å². The minimum Gasteiger partial charge on any atom is -0.496 e. The SMILES string of the molecule is COc1cccc(OC)c1C(=O)C(CCC[P+](=O)Cc1ccccc1)C(=O)c1c(OC)cccc1OC. The van der Waals surface area contributed by atoms with E-state index in [1.54, 1.807) is 36.4 Å². The number of benzene rings is 3. The molecule has 3 aromatic carbocycles. The minimum absolute atomic E-state index is 0.188. The fourth-order valence-electron chi connectivity index (χ4n) is 4.26. The molecule has 0 radical (unpaired) electrons. The van der Waals surface area contributed by atoms with Gasteiger partial charge in [0.05, 0.1) is 34.4 Å². The van der Waals surface area contributed by atoms with Crippen molar-refractivity contribution in [2.24, 2.45) is 5.92 Å². The molecule has 0 aromatic heterocycles. The maximum Gasteiger partial charge on any atom is 0.343 e. The summed E-state index contributed by atoms with van der Waals surface area (Å²) in [5.74, 6) is -0.728. The predicted octanol–water partition coefficient (Wildman–Crippen LogP) is 6.21. The van der Waals surface area contributed by atoms with Crippen molar-refractivity contribution in [2.45, 2.75) is 19.0 Å². The van der Waals surface area contributed by atoms with E-state index in [0.717, 1.165) is 5.56 Å². The lowest BCUT2D eigenvalue weighted by Crippen LogP contribution is -2.26. The Kier molecular flexibility index (Phi) is 10.2. The third-order valence-electron chi connectivity index (χ3n) is 6.08. The first-order valence-corrected chi connectivity index (χ1v) is 13.5. The Balaban J connectivity index is 1.94. The maximum atomic E-state index is 13.9. The van der Waals surface area contributed by atoms with E-state index in [-0.39, 0.29) is 17.5 Å². The van der Waals surface area contributed by atoms with Crippen molar-refractivity contribution in [3.8, 4) is 23.0 Å². The normalized spacial score (nSPS) is 11.1. The molecule has 37 heavy (non-hydrogen) atoms. The zero-order valence-corrected chi connectivity index (χ0v) is 22.5. The number of hydrogen-bond donors (Lipinski definition) is 0. The largest absolute Gasteiger partial charge is 0.496 e. The molecule has 0 fully saturated rings. The Morgan fingerprint density at radius 3 is 1.51 bits per heavy atom. The Bertz CT molecular complexity index is 1130. The average Bonchev–Trinajstić information content (AvgIpc) is 2.94. The highest BCUT2D eigenvalue weighted by Crippen LogP contribution is 2.37. The first-order valence-electron chi connectivity index (χ1n) is 11.9. The monoisotopic (exact) mass is 523 g/mol. The molecular weight excluding hydrogens is 491 g/mol. The second-order valence-corrected chi connectivity index (χ2v) is 10.1. The van der Waals surface area contributed by atoms with Crippen molar-refractivity contribution in [1.29, 1.82) is 0 Å². The van der Waals surface area contributed by atoms with Gasteiger partial charge < -0.3 is 18.9 Å². The molecule has 0 amide bonds. The van der Waals surface area contributed by atoms with Crippen LogP contribution in [0.4, 0.5) is 0 Å². The smallest absolute Gasteiger partial charge is 0.343 e. The van der Waals surface area contributed by atoms with Gasteiger partial charge in [-0.1, -0.05) is 47.0 Å². The summed E-state index contributed by atoms with van der Waals surface area (Å²) in [5.41, 5.74) is 1.37. The first-order chi connectivity index (χ1) is 17.9.